The number of hydrogen-bond donors (Lipinski definition) is 2. The molecule has 0 aliphatic heterocycles. The standard InChI is InChI=1S/C2H4N5.Ru/c3-2-6-5-1-7(2)4;/h4H2,(H2,3,6);/q-1;+1. The van der Waals surface area contributed by atoms with Gasteiger partial charge in [0.1, 0.15) is 0 Å². The van der Waals surface area contributed by atoms with Crippen molar-refractivity contribution >= 4 is 5.95 Å². The number of nitrogens with zero attached hydrogens (tertiary/aromatic N) is 3. The Kier molecular flexibility index (Phi) is 2.41. The summed E-state index contributed by atoms with van der Waals surface area (Å²) in [7, 11) is 0. The SMILES string of the molecule is Nc1nn[c-]n1N.[Ru+]. The molecule has 0 aliphatic rings. The molecule has 0 saturated carbocycles. The van der Waals surface area contributed by atoms with Crippen LogP contribution in [0.3, 0.4) is 0 Å². The third-order valence-corrected chi connectivity index (χ3v) is 0.552. The number of hydrogen-bond acceptors (Lipinski definition) is 4. The minimum absolute atomic E-state index is 0. The normalized spacial score (nSPS) is 8.00. The van der Waals surface area contributed by atoms with Crippen LogP contribution in [0.15, 0.2) is 0 Å². The molecule has 1 aromatic rings. The first-order valence-corrected chi connectivity index (χ1v) is 1.64. The molecule has 8 heavy (non-hydrogen) atoms. The molecule has 0 aromatic carbocycles. The van der Waals surface area contributed by atoms with Crippen LogP contribution in [0, 0.1) is 6.33 Å². The van der Waals surface area contributed by atoms with Gasteiger partial charge in [-0.05, 0) is 6.33 Å². The van der Waals surface area contributed by atoms with E-state index in [0.717, 1.165) is 4.68 Å². The number of nitrogen functional groups attached to an aromatic ring is 2. The second-order valence-corrected chi connectivity index (χ2v) is 1.03. The Bertz CT molecular complexity index is 143. The average molecular weight is 199 g/mol. The molecule has 5 nitrogen and oxygen atoms in total. The molecule has 1 aromatic heterocycles. The van der Waals surface area contributed by atoms with Crippen molar-refractivity contribution in [2.75, 3.05) is 11.6 Å². The van der Waals surface area contributed by atoms with Gasteiger partial charge in [0.25, 0.3) is 0 Å². The minimum Gasteiger partial charge on any atom is -0.444 e. The average Bonchev–Trinajstić information content (AvgIpc) is 1.91. The molecule has 1 rings (SSSR count). The van der Waals surface area contributed by atoms with E-state index in [0.29, 0.717) is 0 Å². The summed E-state index contributed by atoms with van der Waals surface area (Å²) in [6, 6.07) is 0. The van der Waals surface area contributed by atoms with E-state index in [2.05, 4.69) is 16.5 Å². The molecular formula is C2H4N5Ru. The van der Waals surface area contributed by atoms with Gasteiger partial charge >= 0.3 is 19.5 Å². The second kappa shape index (κ2) is 2.62. The van der Waals surface area contributed by atoms with Gasteiger partial charge in [-0.1, -0.05) is 0 Å². The summed E-state index contributed by atoms with van der Waals surface area (Å²) in [4.78, 5) is 0. The van der Waals surface area contributed by atoms with Crippen molar-refractivity contribution in [1.29, 1.82) is 0 Å². The topological polar surface area (TPSA) is 82.8 Å². The largest absolute Gasteiger partial charge is 1.00 e. The van der Waals surface area contributed by atoms with Crippen LogP contribution in [0.2, 0.25) is 0 Å². The smallest absolute Gasteiger partial charge is 0.444 e. The predicted molar refractivity (Wildman–Crippen MR) is 23.4 cm³/mol. The predicted octanol–water partition coefficient (Wildman–Crippen LogP) is -1.63. The molecule has 1 radical (unpaired) electrons. The third kappa shape index (κ3) is 1.16. The molecule has 4 N–H and O–H groups in total. The number of anilines is 1. The van der Waals surface area contributed by atoms with Gasteiger partial charge < -0.3 is 16.3 Å². The van der Waals surface area contributed by atoms with Crippen LogP contribution >= 0.6 is 0 Å². The van der Waals surface area contributed by atoms with Gasteiger partial charge in [-0.25, -0.2) is 5.10 Å². The van der Waals surface area contributed by atoms with Gasteiger partial charge in [0.05, 0.1) is 5.95 Å². The summed E-state index contributed by atoms with van der Waals surface area (Å²) in [6.07, 6.45) is 2.28. The zero-order valence-corrected chi connectivity index (χ0v) is 5.59. The van der Waals surface area contributed by atoms with Crippen LogP contribution in [0.4, 0.5) is 5.95 Å². The Hall–Kier alpha value is -0.637. The summed E-state index contributed by atoms with van der Waals surface area (Å²) < 4.78 is 1.01. The fourth-order valence-corrected chi connectivity index (χ4v) is 0.221. The van der Waals surface area contributed by atoms with Crippen molar-refractivity contribution in [2.45, 2.75) is 0 Å². The van der Waals surface area contributed by atoms with Crippen LogP contribution in [-0.4, -0.2) is 14.9 Å². The maximum Gasteiger partial charge on any atom is 1.00 e. The summed E-state index contributed by atoms with van der Waals surface area (Å²) in [5.74, 6) is 5.22. The molecule has 0 bridgehead atoms. The molecule has 0 amide bonds. The molecule has 0 spiro atoms. The van der Waals surface area contributed by atoms with Crippen LogP contribution in [0.25, 0.3) is 0 Å². The molecule has 0 atom stereocenters. The number of nitrogens with two attached hydrogens (primary N) is 2. The second-order valence-electron chi connectivity index (χ2n) is 1.03. The summed E-state index contributed by atoms with van der Waals surface area (Å²) in [5, 5.41) is 6.59. The van der Waals surface area contributed by atoms with E-state index >= 15 is 0 Å². The van der Waals surface area contributed by atoms with E-state index in [1.807, 2.05) is 0 Å². The summed E-state index contributed by atoms with van der Waals surface area (Å²) in [6.45, 7) is 0. The van der Waals surface area contributed by atoms with Gasteiger partial charge in [0.15, 0.2) is 0 Å². The van der Waals surface area contributed by atoms with E-state index in [4.69, 9.17) is 11.6 Å². The fraction of sp³-hybridized carbons (Fsp3) is 0. The van der Waals surface area contributed by atoms with Crippen molar-refractivity contribution in [3.05, 3.63) is 6.33 Å². The maximum absolute atomic E-state index is 5.07. The van der Waals surface area contributed by atoms with Crippen molar-refractivity contribution in [2.24, 2.45) is 0 Å². The van der Waals surface area contributed by atoms with Gasteiger partial charge in [0, 0.05) is 0 Å². The Labute approximate surface area is 58.8 Å². The van der Waals surface area contributed by atoms with Gasteiger partial charge in [-0.2, -0.15) is 0 Å². The Balaban J connectivity index is 0.000000490. The number of aromatic nitrogens is 3. The minimum atomic E-state index is 0. The zero-order valence-electron chi connectivity index (χ0n) is 3.85. The Morgan fingerprint density at radius 3 is 2.38 bits per heavy atom. The molecule has 6 heteroatoms. The summed E-state index contributed by atoms with van der Waals surface area (Å²) >= 11 is 0. The Morgan fingerprint density at radius 2 is 2.25 bits per heavy atom. The van der Waals surface area contributed by atoms with Crippen LogP contribution in [0.5, 0.6) is 0 Å². The van der Waals surface area contributed by atoms with Crippen molar-refractivity contribution in [3.8, 4) is 0 Å². The van der Waals surface area contributed by atoms with E-state index in [1.54, 1.807) is 0 Å². The molecule has 1 heterocycles. The van der Waals surface area contributed by atoms with Crippen molar-refractivity contribution in [3.63, 3.8) is 0 Å². The first-order chi connectivity index (χ1) is 3.30. The molecule has 45 valence electrons. The molecule has 0 aliphatic carbocycles. The van der Waals surface area contributed by atoms with Gasteiger partial charge in [-0.3, -0.25) is 5.10 Å². The van der Waals surface area contributed by atoms with Crippen molar-refractivity contribution in [1.82, 2.24) is 14.9 Å². The first kappa shape index (κ1) is 7.36. The third-order valence-electron chi connectivity index (χ3n) is 0.552. The first-order valence-electron chi connectivity index (χ1n) is 1.64. The molecular weight excluding hydrogens is 195 g/mol. The van der Waals surface area contributed by atoms with E-state index in [1.165, 1.54) is 0 Å². The van der Waals surface area contributed by atoms with Crippen LogP contribution in [0.1, 0.15) is 0 Å². The van der Waals surface area contributed by atoms with E-state index < -0.39 is 0 Å². The van der Waals surface area contributed by atoms with Crippen molar-refractivity contribution < 1.29 is 19.5 Å². The molecule has 0 unspecified atom stereocenters. The van der Waals surface area contributed by atoms with Gasteiger partial charge in [0.2, 0.25) is 0 Å². The molecule has 0 saturated heterocycles. The number of rotatable bonds is 0. The van der Waals surface area contributed by atoms with Gasteiger partial charge in [-0.15, -0.1) is 0 Å². The van der Waals surface area contributed by atoms with Crippen LogP contribution < -0.4 is 11.6 Å². The monoisotopic (exact) mass is 200 g/mol. The molecule has 0 fully saturated rings. The zero-order chi connectivity index (χ0) is 5.28. The van der Waals surface area contributed by atoms with E-state index in [-0.39, 0.29) is 25.4 Å². The summed E-state index contributed by atoms with van der Waals surface area (Å²) in [5.41, 5.74) is 5.07. The van der Waals surface area contributed by atoms with Crippen LogP contribution in [-0.2, 0) is 19.5 Å². The Morgan fingerprint density at radius 1 is 1.62 bits per heavy atom. The maximum atomic E-state index is 5.07. The fourth-order valence-electron chi connectivity index (χ4n) is 0.221. The van der Waals surface area contributed by atoms with E-state index in [9.17, 15) is 0 Å². The quantitative estimate of drug-likeness (QED) is 0.298.